The zero-order valence-electron chi connectivity index (χ0n) is 23.6. The van der Waals surface area contributed by atoms with Crippen LogP contribution in [-0.4, -0.2) is 57.0 Å². The average molecular weight is 646 g/mol. The lowest BCUT2D eigenvalue weighted by Gasteiger charge is -2.06. The number of hydrogen-bond donors (Lipinski definition) is 0. The molecule has 208 valence electrons. The van der Waals surface area contributed by atoms with Crippen molar-refractivity contribution in [3.8, 4) is 22.9 Å². The molecule has 40 heavy (non-hydrogen) atoms. The smallest absolute Gasteiger partial charge is 0.230 e. The number of benzene rings is 2. The van der Waals surface area contributed by atoms with Crippen molar-refractivity contribution in [1.29, 1.82) is 0 Å². The highest BCUT2D eigenvalue weighted by molar-refractivity contribution is 7.98. The largest absolute Gasteiger partial charge is 0.247 e. The predicted octanol–water partition coefficient (Wildman–Crippen LogP) is 7.15. The van der Waals surface area contributed by atoms with E-state index in [4.69, 9.17) is 23.2 Å². The van der Waals surface area contributed by atoms with E-state index in [1.54, 1.807) is 18.3 Å². The molecule has 0 radical (unpaired) electrons. The molecule has 2 heterocycles. The zero-order valence-corrected chi connectivity index (χ0v) is 28.8. The Hall–Kier alpha value is -2.45. The van der Waals surface area contributed by atoms with Crippen molar-refractivity contribution in [3.63, 3.8) is 0 Å². The summed E-state index contributed by atoms with van der Waals surface area (Å²) in [7, 11) is -6.33. The summed E-state index contributed by atoms with van der Waals surface area (Å²) >= 11 is 14.2. The minimum Gasteiger partial charge on any atom is -0.230 e. The molecule has 0 atom stereocenters. The molecular formula is C28H30Cl2N4O2S2Si2. The Morgan fingerprint density at radius 2 is 1.20 bits per heavy atom. The van der Waals surface area contributed by atoms with Crippen molar-refractivity contribution < 1.29 is 8.42 Å². The first kappa shape index (κ1) is 32.1. The van der Waals surface area contributed by atoms with Gasteiger partial charge in [-0.3, -0.25) is 0 Å². The molecule has 4 aromatic rings. The molecule has 0 saturated heterocycles. The quantitative estimate of drug-likeness (QED) is 0.0991. The van der Waals surface area contributed by atoms with Gasteiger partial charge >= 0.3 is 0 Å². The van der Waals surface area contributed by atoms with Crippen molar-refractivity contribution in [2.75, 3.05) is 12.5 Å². The Balaban J connectivity index is 0.000000222. The van der Waals surface area contributed by atoms with E-state index >= 15 is 0 Å². The molecule has 0 spiro atoms. The van der Waals surface area contributed by atoms with E-state index in [2.05, 4.69) is 82.1 Å². The summed E-state index contributed by atoms with van der Waals surface area (Å²) in [5, 5.41) is 3.12. The molecule has 2 aromatic heterocycles. The van der Waals surface area contributed by atoms with Crippen molar-refractivity contribution in [1.82, 2.24) is 19.9 Å². The van der Waals surface area contributed by atoms with Crippen molar-refractivity contribution in [3.05, 3.63) is 57.8 Å². The summed E-state index contributed by atoms with van der Waals surface area (Å²) in [6.45, 7) is 13.1. The molecular weight excluding hydrogens is 616 g/mol. The maximum Gasteiger partial charge on any atom is 0.247 e. The summed E-state index contributed by atoms with van der Waals surface area (Å²) in [6.07, 6.45) is 6.23. The molecule has 6 nitrogen and oxygen atoms in total. The number of hydrogen-bond acceptors (Lipinski definition) is 7. The van der Waals surface area contributed by atoms with E-state index in [-0.39, 0.29) is 5.16 Å². The number of rotatable bonds is 2. The van der Waals surface area contributed by atoms with Crippen LogP contribution in [0, 0.1) is 22.9 Å². The molecule has 2 aromatic carbocycles. The van der Waals surface area contributed by atoms with Gasteiger partial charge in [-0.25, -0.2) is 28.4 Å². The van der Waals surface area contributed by atoms with E-state index in [0.717, 1.165) is 27.9 Å². The van der Waals surface area contributed by atoms with Crippen LogP contribution in [0.4, 0.5) is 0 Å². The molecule has 0 N–H and O–H groups in total. The molecule has 0 fully saturated rings. The maximum atomic E-state index is 11.5. The van der Waals surface area contributed by atoms with Crippen LogP contribution in [-0.2, 0) is 9.84 Å². The topological polar surface area (TPSA) is 85.7 Å². The molecule has 4 rings (SSSR count). The summed E-state index contributed by atoms with van der Waals surface area (Å²) in [4.78, 5) is 16.6. The van der Waals surface area contributed by atoms with Gasteiger partial charge in [0.1, 0.15) is 16.1 Å². The summed E-state index contributed by atoms with van der Waals surface area (Å²) in [5.74, 6) is 6.29. The van der Waals surface area contributed by atoms with Gasteiger partial charge in [0, 0.05) is 40.5 Å². The Bertz CT molecular complexity index is 1830. The molecule has 0 unspecified atom stereocenters. The standard InChI is InChI=1S/C14H15ClN2O2SSi.C14H15ClN2SSi/c1-20(18,19)14-16-9-11-12(17-14)6-5-10(13(11)15)7-8-21(2,3)4;1-18-14-16-9-11-12(17-14)6-5-10(13(11)15)7-8-19(2,3)4/h5-6,9H,1-4H3;5-6,9H,1-4H3. The van der Waals surface area contributed by atoms with Crippen LogP contribution in [0.3, 0.4) is 0 Å². The van der Waals surface area contributed by atoms with Gasteiger partial charge in [0.2, 0.25) is 15.0 Å². The molecule has 0 aliphatic carbocycles. The second-order valence-electron chi connectivity index (χ2n) is 11.0. The normalized spacial score (nSPS) is 11.7. The number of nitrogens with zero attached hydrogens (tertiary/aromatic N) is 4. The average Bonchev–Trinajstić information content (AvgIpc) is 2.86. The van der Waals surface area contributed by atoms with Gasteiger partial charge < -0.3 is 0 Å². The summed E-state index contributed by atoms with van der Waals surface area (Å²) in [6, 6.07) is 7.37. The fourth-order valence-corrected chi connectivity index (χ4v) is 5.48. The number of sulfone groups is 1. The molecule has 0 aliphatic rings. The fourth-order valence-electron chi connectivity index (χ4n) is 3.09. The summed E-state index contributed by atoms with van der Waals surface area (Å²) < 4.78 is 22.9. The SMILES string of the molecule is CSc1ncc2c(Cl)c(C#C[Si](C)(C)C)ccc2n1.C[Si](C)(C)C#Cc1ccc2nc(S(C)(=O)=O)ncc2c1Cl. The van der Waals surface area contributed by atoms with E-state index in [1.807, 2.05) is 18.4 Å². The third kappa shape index (κ3) is 8.77. The Morgan fingerprint density at radius 3 is 1.62 bits per heavy atom. The molecule has 0 aliphatic heterocycles. The van der Waals surface area contributed by atoms with Gasteiger partial charge in [-0.1, -0.05) is 86.1 Å². The molecule has 0 bridgehead atoms. The number of aromatic nitrogens is 4. The van der Waals surface area contributed by atoms with Crippen LogP contribution in [0.2, 0.25) is 49.3 Å². The van der Waals surface area contributed by atoms with Gasteiger partial charge in [-0.15, -0.1) is 11.1 Å². The van der Waals surface area contributed by atoms with Crippen LogP contribution in [0.15, 0.2) is 47.0 Å². The molecule has 0 saturated carbocycles. The first-order valence-corrected chi connectivity index (χ1v) is 23.1. The van der Waals surface area contributed by atoms with Crippen LogP contribution < -0.4 is 0 Å². The van der Waals surface area contributed by atoms with Crippen LogP contribution in [0.25, 0.3) is 21.8 Å². The van der Waals surface area contributed by atoms with Gasteiger partial charge in [-0.05, 0) is 30.5 Å². The van der Waals surface area contributed by atoms with Gasteiger partial charge in [0.15, 0.2) is 5.16 Å². The van der Waals surface area contributed by atoms with Gasteiger partial charge in [0.25, 0.3) is 0 Å². The highest BCUT2D eigenvalue weighted by atomic mass is 35.5. The minimum atomic E-state index is -3.43. The Labute approximate surface area is 252 Å². The van der Waals surface area contributed by atoms with Crippen molar-refractivity contribution in [2.24, 2.45) is 0 Å². The Morgan fingerprint density at radius 1 is 0.750 bits per heavy atom. The van der Waals surface area contributed by atoms with Crippen LogP contribution >= 0.6 is 35.0 Å². The van der Waals surface area contributed by atoms with E-state index in [0.29, 0.717) is 26.5 Å². The van der Waals surface area contributed by atoms with E-state index in [9.17, 15) is 8.42 Å². The molecule has 0 amide bonds. The monoisotopic (exact) mass is 644 g/mol. The first-order valence-electron chi connectivity index (χ1n) is 12.2. The summed E-state index contributed by atoms with van der Waals surface area (Å²) in [5.41, 5.74) is 9.50. The van der Waals surface area contributed by atoms with Gasteiger partial charge in [-0.2, -0.15) is 0 Å². The predicted molar refractivity (Wildman–Crippen MR) is 174 cm³/mol. The number of halogens is 2. The lowest BCUT2D eigenvalue weighted by molar-refractivity contribution is 0.594. The van der Waals surface area contributed by atoms with Crippen molar-refractivity contribution >= 4 is 82.8 Å². The second kappa shape index (κ2) is 12.6. The highest BCUT2D eigenvalue weighted by Gasteiger charge is 2.14. The minimum absolute atomic E-state index is 0.202. The number of fused-ring (bicyclic) bond motifs is 2. The fraction of sp³-hybridized carbons (Fsp3) is 0.286. The second-order valence-corrected chi connectivity index (χ2v) is 23.9. The highest BCUT2D eigenvalue weighted by Crippen LogP contribution is 2.27. The lowest BCUT2D eigenvalue weighted by atomic mass is 10.1. The van der Waals surface area contributed by atoms with Crippen molar-refractivity contribution in [2.45, 2.75) is 49.6 Å². The number of thioether (sulfide) groups is 1. The third-order valence-corrected chi connectivity index (χ3v) is 9.00. The Kier molecular flexibility index (Phi) is 10.1. The zero-order chi connectivity index (χ0) is 29.9. The lowest BCUT2D eigenvalue weighted by Crippen LogP contribution is -2.16. The van der Waals surface area contributed by atoms with Crippen LogP contribution in [0.1, 0.15) is 11.1 Å². The third-order valence-electron chi connectivity index (χ3n) is 5.01. The van der Waals surface area contributed by atoms with Gasteiger partial charge in [0.05, 0.1) is 21.1 Å². The van der Waals surface area contributed by atoms with E-state index < -0.39 is 26.0 Å². The maximum absolute atomic E-state index is 11.5. The van der Waals surface area contributed by atoms with Crippen LogP contribution in [0.5, 0.6) is 0 Å². The molecule has 12 heteroatoms. The van der Waals surface area contributed by atoms with E-state index in [1.165, 1.54) is 18.0 Å². The first-order chi connectivity index (χ1) is 18.5.